The molecule has 0 aliphatic rings. The van der Waals surface area contributed by atoms with Crippen molar-refractivity contribution < 1.29 is 9.18 Å². The molecule has 2 aromatic heterocycles. The number of nitriles is 1. The number of hydrogen-bond acceptors (Lipinski definition) is 5. The van der Waals surface area contributed by atoms with Gasteiger partial charge in [0, 0.05) is 35.5 Å². The lowest BCUT2D eigenvalue weighted by Gasteiger charge is -2.17. The van der Waals surface area contributed by atoms with E-state index < -0.39 is 17.2 Å². The number of ketones is 1. The van der Waals surface area contributed by atoms with E-state index >= 15 is 0 Å². The first-order valence-corrected chi connectivity index (χ1v) is 9.86. The summed E-state index contributed by atoms with van der Waals surface area (Å²) in [4.78, 5) is 34.6. The predicted molar refractivity (Wildman–Crippen MR) is 119 cm³/mol. The predicted octanol–water partition coefficient (Wildman–Crippen LogP) is 4.41. The molecule has 32 heavy (non-hydrogen) atoms. The van der Waals surface area contributed by atoms with Crippen molar-refractivity contribution in [2.75, 3.05) is 0 Å². The average Bonchev–Trinajstić information content (AvgIpc) is 2.82. The Balaban J connectivity index is 2.02. The number of halogens is 1. The molecule has 6 nitrogen and oxygen atoms in total. The molecule has 0 radical (unpaired) electrons. The summed E-state index contributed by atoms with van der Waals surface area (Å²) in [6.45, 7) is 0.0864. The second kappa shape index (κ2) is 9.14. The first kappa shape index (κ1) is 20.8. The highest BCUT2D eigenvalue weighted by molar-refractivity contribution is 6.15. The molecule has 2 aromatic carbocycles. The highest BCUT2D eigenvalue weighted by Crippen LogP contribution is 2.31. The molecule has 0 aliphatic carbocycles. The van der Waals surface area contributed by atoms with Crippen LogP contribution in [0.3, 0.4) is 0 Å². The largest absolute Gasteiger partial charge is 0.307 e. The standard InChI is InChI=1S/C25H17FN4O2/c26-19-8-9-21-20(13-19)23(18-5-2-1-3-6-18)24(25(32)30(21)12-4-11-27)22(31)10-7-17-14-28-16-29-15-17/h1-3,5-10,13-16H,4,12H2/b10-7+. The summed E-state index contributed by atoms with van der Waals surface area (Å²) in [7, 11) is 0. The molecular formula is C25H17FN4O2. The maximum atomic E-state index is 14.3. The van der Waals surface area contributed by atoms with Crippen LogP contribution in [0.2, 0.25) is 0 Å². The monoisotopic (exact) mass is 424 g/mol. The number of benzene rings is 2. The van der Waals surface area contributed by atoms with Gasteiger partial charge < -0.3 is 4.57 Å². The highest BCUT2D eigenvalue weighted by Gasteiger charge is 2.22. The van der Waals surface area contributed by atoms with Crippen molar-refractivity contribution in [2.24, 2.45) is 0 Å². The molecule has 0 fully saturated rings. The van der Waals surface area contributed by atoms with Gasteiger partial charge in [0.15, 0.2) is 5.78 Å². The van der Waals surface area contributed by atoms with Crippen LogP contribution in [0.15, 0.2) is 78.1 Å². The van der Waals surface area contributed by atoms with Gasteiger partial charge in [0.25, 0.3) is 5.56 Å². The topological polar surface area (TPSA) is 88.6 Å². The minimum absolute atomic E-state index is 0.0713. The van der Waals surface area contributed by atoms with Crippen LogP contribution in [0.4, 0.5) is 4.39 Å². The van der Waals surface area contributed by atoms with Crippen LogP contribution in [0.1, 0.15) is 22.3 Å². The van der Waals surface area contributed by atoms with Gasteiger partial charge in [0.1, 0.15) is 12.1 Å². The Morgan fingerprint density at radius 1 is 1.12 bits per heavy atom. The van der Waals surface area contributed by atoms with Gasteiger partial charge in [-0.3, -0.25) is 9.59 Å². The molecule has 4 rings (SSSR count). The number of fused-ring (bicyclic) bond motifs is 1. The van der Waals surface area contributed by atoms with Crippen LogP contribution in [-0.2, 0) is 6.54 Å². The second-order valence-electron chi connectivity index (χ2n) is 7.01. The summed E-state index contributed by atoms with van der Waals surface area (Å²) >= 11 is 0. The van der Waals surface area contributed by atoms with Gasteiger partial charge >= 0.3 is 0 Å². The lowest BCUT2D eigenvalue weighted by Crippen LogP contribution is -2.27. The van der Waals surface area contributed by atoms with Crippen molar-refractivity contribution in [3.05, 3.63) is 101 Å². The Kier molecular flexibility index (Phi) is 5.95. The zero-order valence-electron chi connectivity index (χ0n) is 16.9. The Morgan fingerprint density at radius 2 is 1.88 bits per heavy atom. The summed E-state index contributed by atoms with van der Waals surface area (Å²) in [6.07, 6.45) is 7.32. The number of aryl methyl sites for hydroxylation is 1. The van der Waals surface area contributed by atoms with E-state index in [1.165, 1.54) is 53.6 Å². The fourth-order valence-electron chi connectivity index (χ4n) is 3.60. The van der Waals surface area contributed by atoms with Gasteiger partial charge in [0.2, 0.25) is 0 Å². The summed E-state index contributed by atoms with van der Waals surface area (Å²) in [5, 5.41) is 9.47. The zero-order chi connectivity index (χ0) is 22.5. The minimum atomic E-state index is -0.533. The number of nitrogens with zero attached hydrogens (tertiary/aromatic N) is 4. The number of carbonyl (C=O) groups is 1. The van der Waals surface area contributed by atoms with Crippen LogP contribution >= 0.6 is 0 Å². The molecule has 0 amide bonds. The van der Waals surface area contributed by atoms with E-state index in [9.17, 15) is 14.0 Å². The lowest BCUT2D eigenvalue weighted by atomic mass is 9.93. The number of allylic oxidation sites excluding steroid dienone is 1. The van der Waals surface area contributed by atoms with Crippen molar-refractivity contribution in [3.8, 4) is 17.2 Å². The molecule has 0 saturated heterocycles. The third kappa shape index (κ3) is 4.07. The van der Waals surface area contributed by atoms with Crippen molar-refractivity contribution in [1.82, 2.24) is 14.5 Å². The fourth-order valence-corrected chi connectivity index (χ4v) is 3.60. The van der Waals surface area contributed by atoms with Crippen molar-refractivity contribution in [2.45, 2.75) is 13.0 Å². The van der Waals surface area contributed by atoms with E-state index in [2.05, 4.69) is 9.97 Å². The van der Waals surface area contributed by atoms with Gasteiger partial charge in [-0.2, -0.15) is 5.26 Å². The maximum absolute atomic E-state index is 14.3. The first-order chi connectivity index (χ1) is 15.6. The molecule has 4 aromatic rings. The molecule has 156 valence electrons. The number of carbonyl (C=O) groups excluding carboxylic acids is 1. The number of aromatic nitrogens is 3. The van der Waals surface area contributed by atoms with Gasteiger partial charge in [-0.05, 0) is 35.9 Å². The fraction of sp³-hybridized carbons (Fsp3) is 0.0800. The molecule has 0 atom stereocenters. The second-order valence-corrected chi connectivity index (χ2v) is 7.01. The summed E-state index contributed by atoms with van der Waals surface area (Å²) < 4.78 is 15.6. The molecule has 7 heteroatoms. The van der Waals surface area contributed by atoms with E-state index in [4.69, 9.17) is 5.26 Å². The molecule has 2 heterocycles. The van der Waals surface area contributed by atoms with Crippen LogP contribution in [-0.4, -0.2) is 20.3 Å². The van der Waals surface area contributed by atoms with Crippen molar-refractivity contribution in [1.29, 1.82) is 5.26 Å². The summed E-state index contributed by atoms with van der Waals surface area (Å²) in [5.74, 6) is -1.02. The van der Waals surface area contributed by atoms with Crippen molar-refractivity contribution >= 4 is 22.8 Å². The molecule has 0 N–H and O–H groups in total. The number of hydrogen-bond donors (Lipinski definition) is 0. The Morgan fingerprint density at radius 3 is 2.59 bits per heavy atom. The third-order valence-corrected chi connectivity index (χ3v) is 4.99. The molecule has 0 unspecified atom stereocenters. The first-order valence-electron chi connectivity index (χ1n) is 9.86. The average molecular weight is 424 g/mol. The van der Waals surface area contributed by atoms with E-state index in [1.54, 1.807) is 24.3 Å². The van der Waals surface area contributed by atoms with Gasteiger partial charge in [-0.25, -0.2) is 14.4 Å². The van der Waals surface area contributed by atoms with Gasteiger partial charge in [-0.1, -0.05) is 30.3 Å². The van der Waals surface area contributed by atoms with Crippen LogP contribution in [0.5, 0.6) is 0 Å². The normalized spacial score (nSPS) is 11.0. The van der Waals surface area contributed by atoms with Crippen molar-refractivity contribution in [3.63, 3.8) is 0 Å². The zero-order valence-corrected chi connectivity index (χ0v) is 16.9. The highest BCUT2D eigenvalue weighted by atomic mass is 19.1. The van der Waals surface area contributed by atoms with Gasteiger partial charge in [0.05, 0.1) is 23.6 Å². The van der Waals surface area contributed by atoms with Gasteiger partial charge in [-0.15, -0.1) is 0 Å². The SMILES string of the molecule is N#CCCn1c(=O)c(C(=O)/C=C/c2cncnc2)c(-c2ccccc2)c2cc(F)ccc21. The molecular weight excluding hydrogens is 407 g/mol. The minimum Gasteiger partial charge on any atom is -0.307 e. The summed E-state index contributed by atoms with van der Waals surface area (Å²) in [5.41, 5.74) is 1.42. The van der Waals surface area contributed by atoms with Crippen LogP contribution in [0.25, 0.3) is 28.1 Å². The Bertz CT molecular complexity index is 1420. The van der Waals surface area contributed by atoms with E-state index in [0.717, 1.165) is 0 Å². The number of rotatable bonds is 6. The van der Waals surface area contributed by atoms with E-state index in [0.29, 0.717) is 27.6 Å². The lowest BCUT2D eigenvalue weighted by molar-refractivity contribution is 0.104. The Hall–Kier alpha value is -4.44. The molecule has 0 saturated carbocycles. The van der Waals surface area contributed by atoms with E-state index in [-0.39, 0.29) is 18.5 Å². The third-order valence-electron chi connectivity index (χ3n) is 4.99. The maximum Gasteiger partial charge on any atom is 0.262 e. The quantitative estimate of drug-likeness (QED) is 0.338. The molecule has 0 bridgehead atoms. The smallest absolute Gasteiger partial charge is 0.262 e. The van der Waals surface area contributed by atoms with Crippen LogP contribution in [0, 0.1) is 17.1 Å². The number of pyridine rings is 1. The molecule has 0 spiro atoms. The summed E-state index contributed by atoms with van der Waals surface area (Å²) in [6, 6.07) is 15.0. The molecule has 0 aliphatic heterocycles. The Labute approximate surface area is 182 Å². The van der Waals surface area contributed by atoms with E-state index in [1.807, 2.05) is 12.1 Å². The van der Waals surface area contributed by atoms with Crippen LogP contribution < -0.4 is 5.56 Å².